The molecule has 4 rings (SSSR count). The summed E-state index contributed by atoms with van der Waals surface area (Å²) < 4.78 is 2.32. The number of hydrogen-bond donors (Lipinski definition) is 0. The lowest BCUT2D eigenvalue weighted by atomic mass is 10.0. The molecule has 3 fully saturated rings. The van der Waals surface area contributed by atoms with Gasteiger partial charge in [0.1, 0.15) is 0 Å². The highest BCUT2D eigenvalue weighted by atomic mass is 32.2. The fraction of sp³-hybridized carbons (Fsp3) is 0.842. The van der Waals surface area contributed by atoms with Gasteiger partial charge in [-0.05, 0) is 57.8 Å². The molecule has 1 aromatic rings. The summed E-state index contributed by atoms with van der Waals surface area (Å²) in [7, 11) is 0. The second-order valence-corrected chi connectivity index (χ2v) is 8.81. The lowest BCUT2D eigenvalue weighted by molar-refractivity contribution is -0.132. The van der Waals surface area contributed by atoms with E-state index in [4.69, 9.17) is 0 Å². The summed E-state index contributed by atoms with van der Waals surface area (Å²) >= 11 is 1.59. The summed E-state index contributed by atoms with van der Waals surface area (Å²) in [5.41, 5.74) is 0. The zero-order chi connectivity index (χ0) is 17.9. The molecule has 1 aliphatic carbocycles. The summed E-state index contributed by atoms with van der Waals surface area (Å²) in [5.74, 6) is 1.79. The third-order valence-corrected chi connectivity index (χ3v) is 6.87. The number of aromatic nitrogens is 3. The van der Waals surface area contributed by atoms with E-state index < -0.39 is 0 Å². The van der Waals surface area contributed by atoms with E-state index in [1.807, 2.05) is 0 Å². The van der Waals surface area contributed by atoms with Crippen LogP contribution in [0.4, 0.5) is 5.95 Å². The van der Waals surface area contributed by atoms with Crippen LogP contribution in [0.1, 0.15) is 70.8 Å². The van der Waals surface area contributed by atoms with Crippen molar-refractivity contribution in [3.05, 3.63) is 0 Å². The standard InChI is InChI=1S/C19H31N5OS/c1-2-15-8-4-7-13-23(15)17(25)14-26-19-21-20-18(24(19)16-9-10-16)22-11-5-3-6-12-22/h15-16H,2-14H2,1H3. The van der Waals surface area contributed by atoms with Crippen LogP contribution in [0.2, 0.25) is 0 Å². The van der Waals surface area contributed by atoms with Crippen LogP contribution in [0.5, 0.6) is 0 Å². The zero-order valence-electron chi connectivity index (χ0n) is 15.9. The molecule has 1 aromatic heterocycles. The number of amides is 1. The fourth-order valence-electron chi connectivity index (χ4n) is 4.29. The van der Waals surface area contributed by atoms with Gasteiger partial charge in [0.2, 0.25) is 11.9 Å². The van der Waals surface area contributed by atoms with Gasteiger partial charge in [0, 0.05) is 31.7 Å². The van der Waals surface area contributed by atoms with Crippen LogP contribution in [0.15, 0.2) is 5.16 Å². The van der Waals surface area contributed by atoms with Crippen molar-refractivity contribution in [1.29, 1.82) is 0 Å². The lowest BCUT2D eigenvalue weighted by Crippen LogP contribution is -2.44. The van der Waals surface area contributed by atoms with Gasteiger partial charge in [0.25, 0.3) is 0 Å². The highest BCUT2D eigenvalue weighted by Crippen LogP contribution is 2.41. The number of carbonyl (C=O) groups excluding carboxylic acids is 1. The Kier molecular flexibility index (Phi) is 5.72. The first kappa shape index (κ1) is 18.1. The molecule has 0 bridgehead atoms. The van der Waals surface area contributed by atoms with Crippen LogP contribution in [0.3, 0.4) is 0 Å². The molecular formula is C19H31N5OS. The molecule has 1 saturated carbocycles. The van der Waals surface area contributed by atoms with E-state index in [9.17, 15) is 4.79 Å². The van der Waals surface area contributed by atoms with Crippen molar-refractivity contribution in [3.63, 3.8) is 0 Å². The minimum Gasteiger partial charge on any atom is -0.341 e. The van der Waals surface area contributed by atoms with Gasteiger partial charge >= 0.3 is 0 Å². The molecule has 0 N–H and O–H groups in total. The third-order valence-electron chi connectivity index (χ3n) is 5.94. The van der Waals surface area contributed by atoms with Crippen LogP contribution in [0, 0.1) is 0 Å². The summed E-state index contributed by atoms with van der Waals surface area (Å²) in [5, 5.41) is 9.92. The molecule has 1 atom stereocenters. The van der Waals surface area contributed by atoms with E-state index in [1.165, 1.54) is 38.5 Å². The highest BCUT2D eigenvalue weighted by molar-refractivity contribution is 7.99. The Morgan fingerprint density at radius 2 is 1.81 bits per heavy atom. The number of thioether (sulfide) groups is 1. The fourth-order valence-corrected chi connectivity index (χ4v) is 5.18. The summed E-state index contributed by atoms with van der Waals surface area (Å²) in [6.45, 7) is 5.28. The molecule has 6 nitrogen and oxygen atoms in total. The van der Waals surface area contributed by atoms with Gasteiger partial charge < -0.3 is 9.80 Å². The quantitative estimate of drug-likeness (QED) is 0.711. The van der Waals surface area contributed by atoms with E-state index in [1.54, 1.807) is 11.8 Å². The number of carbonyl (C=O) groups is 1. The largest absolute Gasteiger partial charge is 0.341 e. The van der Waals surface area contributed by atoms with Crippen LogP contribution in [-0.4, -0.2) is 57.0 Å². The topological polar surface area (TPSA) is 54.3 Å². The molecule has 26 heavy (non-hydrogen) atoms. The summed E-state index contributed by atoms with van der Waals surface area (Å²) in [4.78, 5) is 17.3. The third kappa shape index (κ3) is 3.87. The van der Waals surface area contributed by atoms with Gasteiger partial charge in [-0.3, -0.25) is 9.36 Å². The molecule has 0 spiro atoms. The van der Waals surface area contributed by atoms with E-state index in [2.05, 4.69) is 31.5 Å². The van der Waals surface area contributed by atoms with Crippen molar-refractivity contribution in [2.24, 2.45) is 0 Å². The maximum atomic E-state index is 12.8. The van der Waals surface area contributed by atoms with Crippen molar-refractivity contribution < 1.29 is 4.79 Å². The van der Waals surface area contributed by atoms with Gasteiger partial charge in [-0.1, -0.05) is 18.7 Å². The summed E-state index contributed by atoms with van der Waals surface area (Å²) in [6.07, 6.45) is 10.8. The second-order valence-electron chi connectivity index (χ2n) is 7.87. The molecule has 3 heterocycles. The summed E-state index contributed by atoms with van der Waals surface area (Å²) in [6, 6.07) is 0.972. The van der Waals surface area contributed by atoms with Crippen molar-refractivity contribution >= 4 is 23.6 Å². The van der Waals surface area contributed by atoms with Crippen molar-refractivity contribution in [2.45, 2.75) is 82.0 Å². The molecule has 144 valence electrons. The van der Waals surface area contributed by atoms with Gasteiger partial charge in [-0.25, -0.2) is 0 Å². The number of hydrogen-bond acceptors (Lipinski definition) is 5. The van der Waals surface area contributed by atoms with Gasteiger partial charge in [0.05, 0.1) is 5.75 Å². The Labute approximate surface area is 160 Å². The van der Waals surface area contributed by atoms with Crippen LogP contribution >= 0.6 is 11.8 Å². The lowest BCUT2D eigenvalue weighted by Gasteiger charge is -2.35. The van der Waals surface area contributed by atoms with E-state index in [0.717, 1.165) is 50.0 Å². The van der Waals surface area contributed by atoms with Crippen LogP contribution < -0.4 is 4.90 Å². The predicted octanol–water partition coefficient (Wildman–Crippen LogP) is 3.49. The van der Waals surface area contributed by atoms with Gasteiger partial charge in [-0.15, -0.1) is 10.2 Å². The van der Waals surface area contributed by atoms with Crippen molar-refractivity contribution in [1.82, 2.24) is 19.7 Å². The average Bonchev–Trinajstić information content (AvgIpc) is 3.45. The molecule has 0 radical (unpaired) electrons. The van der Waals surface area contributed by atoms with Gasteiger partial charge in [-0.2, -0.15) is 0 Å². The molecule has 1 unspecified atom stereocenters. The molecule has 7 heteroatoms. The Bertz CT molecular complexity index is 623. The monoisotopic (exact) mass is 377 g/mol. The molecule has 1 amide bonds. The normalized spacial score (nSPS) is 24.1. The number of anilines is 1. The minimum absolute atomic E-state index is 0.270. The minimum atomic E-state index is 0.270. The number of piperidine rings is 2. The number of likely N-dealkylation sites (tertiary alicyclic amines) is 1. The molecule has 2 saturated heterocycles. The zero-order valence-corrected chi connectivity index (χ0v) is 16.7. The molecule has 2 aliphatic heterocycles. The predicted molar refractivity (Wildman–Crippen MR) is 105 cm³/mol. The number of nitrogens with zero attached hydrogens (tertiary/aromatic N) is 5. The average molecular weight is 378 g/mol. The molecule has 3 aliphatic rings. The van der Waals surface area contributed by atoms with E-state index in [0.29, 0.717) is 17.8 Å². The first-order valence-electron chi connectivity index (χ1n) is 10.4. The maximum Gasteiger partial charge on any atom is 0.233 e. The van der Waals surface area contributed by atoms with Crippen molar-refractivity contribution in [2.75, 3.05) is 30.3 Å². The van der Waals surface area contributed by atoms with Gasteiger partial charge in [0.15, 0.2) is 5.16 Å². The smallest absolute Gasteiger partial charge is 0.233 e. The molecule has 0 aromatic carbocycles. The van der Waals surface area contributed by atoms with Crippen LogP contribution in [0.25, 0.3) is 0 Å². The maximum absolute atomic E-state index is 12.8. The Hall–Kier alpha value is -1.24. The van der Waals surface area contributed by atoms with Crippen molar-refractivity contribution in [3.8, 4) is 0 Å². The SMILES string of the molecule is CCC1CCCCN1C(=O)CSc1nnc(N2CCCCC2)n1C1CC1. The molecular weight excluding hydrogens is 346 g/mol. The van der Waals surface area contributed by atoms with E-state index in [-0.39, 0.29) is 5.91 Å². The Morgan fingerprint density at radius 1 is 1.04 bits per heavy atom. The first-order chi connectivity index (χ1) is 12.8. The highest BCUT2D eigenvalue weighted by Gasteiger charge is 2.33. The Balaban J connectivity index is 1.43. The second kappa shape index (κ2) is 8.19. The first-order valence-corrected chi connectivity index (χ1v) is 11.4. The van der Waals surface area contributed by atoms with E-state index >= 15 is 0 Å². The van der Waals surface area contributed by atoms with Crippen LogP contribution in [-0.2, 0) is 4.79 Å². The Morgan fingerprint density at radius 3 is 2.54 bits per heavy atom. The number of rotatable bonds is 6.